The average Bonchev–Trinajstić information content (AvgIpc) is 2.47. The molecule has 1 heterocycles. The van der Waals surface area contributed by atoms with Crippen LogP contribution in [0.5, 0.6) is 0 Å². The SMILES string of the molecule is CN1CCCN(CCC(=O)O)c2cccc(Br)c21. The summed E-state index contributed by atoms with van der Waals surface area (Å²) in [5, 5.41) is 8.82. The molecule has 0 atom stereocenters. The lowest BCUT2D eigenvalue weighted by Gasteiger charge is -2.26. The van der Waals surface area contributed by atoms with Gasteiger partial charge < -0.3 is 14.9 Å². The number of anilines is 2. The highest BCUT2D eigenvalue weighted by Gasteiger charge is 2.20. The Morgan fingerprint density at radius 3 is 2.94 bits per heavy atom. The van der Waals surface area contributed by atoms with Gasteiger partial charge in [0, 0.05) is 31.2 Å². The summed E-state index contributed by atoms with van der Waals surface area (Å²) in [6.07, 6.45) is 1.22. The number of carboxylic acids is 1. The van der Waals surface area contributed by atoms with Gasteiger partial charge in [-0.05, 0) is 34.5 Å². The van der Waals surface area contributed by atoms with Crippen molar-refractivity contribution in [3.05, 3.63) is 22.7 Å². The number of aliphatic carboxylic acids is 1. The topological polar surface area (TPSA) is 43.8 Å². The fourth-order valence-electron chi connectivity index (χ4n) is 2.33. The van der Waals surface area contributed by atoms with E-state index in [1.807, 2.05) is 12.1 Å². The predicted molar refractivity (Wildman–Crippen MR) is 76.5 cm³/mol. The largest absolute Gasteiger partial charge is 0.481 e. The summed E-state index contributed by atoms with van der Waals surface area (Å²) < 4.78 is 1.06. The molecule has 5 heteroatoms. The van der Waals surface area contributed by atoms with E-state index in [2.05, 4.69) is 38.8 Å². The zero-order valence-corrected chi connectivity index (χ0v) is 12.0. The highest BCUT2D eigenvalue weighted by molar-refractivity contribution is 9.10. The molecule has 0 aromatic heterocycles. The number of halogens is 1. The van der Waals surface area contributed by atoms with Crippen LogP contribution in [0.1, 0.15) is 12.8 Å². The van der Waals surface area contributed by atoms with Crippen molar-refractivity contribution >= 4 is 33.3 Å². The highest BCUT2D eigenvalue weighted by Crippen LogP contribution is 2.37. The second-order valence-electron chi connectivity index (χ2n) is 4.51. The van der Waals surface area contributed by atoms with Gasteiger partial charge in [0.15, 0.2) is 0 Å². The Morgan fingerprint density at radius 2 is 2.22 bits per heavy atom. The summed E-state index contributed by atoms with van der Waals surface area (Å²) in [6, 6.07) is 6.08. The molecule has 0 aliphatic carbocycles. The number of hydrogen-bond acceptors (Lipinski definition) is 3. The minimum Gasteiger partial charge on any atom is -0.481 e. The molecule has 0 saturated carbocycles. The third-order valence-corrected chi connectivity index (χ3v) is 3.84. The van der Waals surface area contributed by atoms with E-state index in [4.69, 9.17) is 5.11 Å². The van der Waals surface area contributed by atoms with Crippen molar-refractivity contribution in [3.63, 3.8) is 0 Å². The van der Waals surface area contributed by atoms with Crippen LogP contribution in [0.25, 0.3) is 0 Å². The first-order valence-corrected chi connectivity index (χ1v) is 6.85. The Kier molecular flexibility index (Phi) is 4.11. The van der Waals surface area contributed by atoms with Crippen molar-refractivity contribution in [2.24, 2.45) is 0 Å². The number of rotatable bonds is 3. The minimum absolute atomic E-state index is 0.176. The molecule has 0 amide bonds. The van der Waals surface area contributed by atoms with E-state index in [0.29, 0.717) is 6.54 Å². The van der Waals surface area contributed by atoms with Gasteiger partial charge in [0.05, 0.1) is 17.8 Å². The molecule has 2 rings (SSSR count). The normalized spacial score (nSPS) is 15.2. The van der Waals surface area contributed by atoms with Gasteiger partial charge in [0.2, 0.25) is 0 Å². The van der Waals surface area contributed by atoms with E-state index in [1.165, 1.54) is 0 Å². The maximum atomic E-state index is 10.7. The van der Waals surface area contributed by atoms with Crippen LogP contribution in [-0.2, 0) is 4.79 Å². The van der Waals surface area contributed by atoms with Crippen molar-refractivity contribution in [1.82, 2.24) is 0 Å². The van der Waals surface area contributed by atoms with E-state index in [9.17, 15) is 4.79 Å². The molecule has 1 aromatic carbocycles. The first kappa shape index (κ1) is 13.2. The molecule has 18 heavy (non-hydrogen) atoms. The van der Waals surface area contributed by atoms with Crippen molar-refractivity contribution in [1.29, 1.82) is 0 Å². The molecular formula is C13H17BrN2O2. The van der Waals surface area contributed by atoms with E-state index in [-0.39, 0.29) is 6.42 Å². The smallest absolute Gasteiger partial charge is 0.305 e. The molecule has 1 aliphatic heterocycles. The molecule has 0 spiro atoms. The van der Waals surface area contributed by atoms with Gasteiger partial charge >= 0.3 is 5.97 Å². The van der Waals surface area contributed by atoms with Crippen LogP contribution in [0.4, 0.5) is 11.4 Å². The van der Waals surface area contributed by atoms with Gasteiger partial charge in [-0.1, -0.05) is 6.07 Å². The van der Waals surface area contributed by atoms with Crippen molar-refractivity contribution < 1.29 is 9.90 Å². The standard InChI is InChI=1S/C13H17BrN2O2/c1-15-7-3-8-16(9-6-12(17)18)11-5-2-4-10(14)13(11)15/h2,4-5H,3,6-9H2,1H3,(H,17,18). The Balaban J connectivity index is 2.31. The van der Waals surface area contributed by atoms with E-state index in [0.717, 1.165) is 35.4 Å². The molecule has 98 valence electrons. The summed E-state index contributed by atoms with van der Waals surface area (Å²) in [5.74, 6) is -0.746. The second kappa shape index (κ2) is 5.61. The lowest BCUT2D eigenvalue weighted by Crippen LogP contribution is -2.26. The number of hydrogen-bond donors (Lipinski definition) is 1. The van der Waals surface area contributed by atoms with Gasteiger partial charge in [-0.15, -0.1) is 0 Å². The molecule has 0 fully saturated rings. The van der Waals surface area contributed by atoms with Crippen LogP contribution in [0.15, 0.2) is 22.7 Å². The molecule has 1 aromatic rings. The fraction of sp³-hybridized carbons (Fsp3) is 0.462. The molecule has 0 saturated heterocycles. The van der Waals surface area contributed by atoms with Crippen LogP contribution >= 0.6 is 15.9 Å². The van der Waals surface area contributed by atoms with Crippen molar-refractivity contribution in [2.45, 2.75) is 12.8 Å². The molecule has 1 aliphatic rings. The third kappa shape index (κ3) is 2.77. The fourth-order valence-corrected chi connectivity index (χ4v) is 2.99. The Labute approximate surface area is 115 Å². The zero-order valence-electron chi connectivity index (χ0n) is 10.4. The van der Waals surface area contributed by atoms with E-state index in [1.54, 1.807) is 0 Å². The predicted octanol–water partition coefficient (Wildman–Crippen LogP) is 2.57. The summed E-state index contributed by atoms with van der Waals surface area (Å²) in [5.41, 5.74) is 2.27. The van der Waals surface area contributed by atoms with Crippen LogP contribution in [0.3, 0.4) is 0 Å². The summed E-state index contributed by atoms with van der Waals surface area (Å²) in [6.45, 7) is 2.45. The average molecular weight is 313 g/mol. The van der Waals surface area contributed by atoms with Crippen molar-refractivity contribution in [3.8, 4) is 0 Å². The van der Waals surface area contributed by atoms with Crippen LogP contribution in [0, 0.1) is 0 Å². The molecule has 0 radical (unpaired) electrons. The highest BCUT2D eigenvalue weighted by atomic mass is 79.9. The molecule has 1 N–H and O–H groups in total. The zero-order chi connectivity index (χ0) is 13.1. The van der Waals surface area contributed by atoms with E-state index >= 15 is 0 Å². The van der Waals surface area contributed by atoms with Crippen LogP contribution in [0.2, 0.25) is 0 Å². The Bertz CT molecular complexity index is 451. The number of carboxylic acid groups (broad SMARTS) is 1. The molecule has 4 nitrogen and oxygen atoms in total. The quantitative estimate of drug-likeness (QED) is 0.931. The minimum atomic E-state index is -0.746. The van der Waals surface area contributed by atoms with Gasteiger partial charge in [0.1, 0.15) is 0 Å². The second-order valence-corrected chi connectivity index (χ2v) is 5.37. The maximum absolute atomic E-state index is 10.7. The Morgan fingerprint density at radius 1 is 1.44 bits per heavy atom. The van der Waals surface area contributed by atoms with Crippen LogP contribution < -0.4 is 9.80 Å². The first-order valence-electron chi connectivity index (χ1n) is 6.06. The monoisotopic (exact) mass is 312 g/mol. The van der Waals surface area contributed by atoms with E-state index < -0.39 is 5.97 Å². The number of carbonyl (C=O) groups is 1. The van der Waals surface area contributed by atoms with Gasteiger partial charge in [-0.3, -0.25) is 4.79 Å². The number of benzene rings is 1. The molecular weight excluding hydrogens is 296 g/mol. The number of fused-ring (bicyclic) bond motifs is 1. The molecule has 0 unspecified atom stereocenters. The summed E-state index contributed by atoms with van der Waals surface area (Å²) in [4.78, 5) is 15.1. The molecule has 0 bridgehead atoms. The van der Waals surface area contributed by atoms with Gasteiger partial charge in [0.25, 0.3) is 0 Å². The summed E-state index contributed by atoms with van der Waals surface area (Å²) in [7, 11) is 2.07. The first-order chi connectivity index (χ1) is 8.59. The van der Waals surface area contributed by atoms with Crippen LogP contribution in [-0.4, -0.2) is 37.8 Å². The number of para-hydroxylation sites is 1. The van der Waals surface area contributed by atoms with Gasteiger partial charge in [-0.25, -0.2) is 0 Å². The number of nitrogens with zero attached hydrogens (tertiary/aromatic N) is 2. The Hall–Kier alpha value is -1.23. The summed E-state index contributed by atoms with van der Waals surface area (Å²) >= 11 is 3.58. The maximum Gasteiger partial charge on any atom is 0.305 e. The van der Waals surface area contributed by atoms with Gasteiger partial charge in [-0.2, -0.15) is 0 Å². The lowest BCUT2D eigenvalue weighted by molar-refractivity contribution is -0.136. The third-order valence-electron chi connectivity index (χ3n) is 3.21. The van der Waals surface area contributed by atoms with Crippen molar-refractivity contribution in [2.75, 3.05) is 36.5 Å². The lowest BCUT2D eigenvalue weighted by atomic mass is 10.2.